The van der Waals surface area contributed by atoms with Crippen molar-refractivity contribution >= 4 is 0 Å². The molecule has 0 bridgehead atoms. The Labute approximate surface area is 103 Å². The van der Waals surface area contributed by atoms with E-state index >= 15 is 0 Å². The second-order valence-electron chi connectivity index (χ2n) is 5.22. The monoisotopic (exact) mass is 235 g/mol. The zero-order valence-corrected chi connectivity index (χ0v) is 11.0. The van der Waals surface area contributed by atoms with E-state index in [4.69, 9.17) is 0 Å². The van der Waals surface area contributed by atoms with Crippen LogP contribution in [-0.4, -0.2) is 6.54 Å². The third-order valence-electron chi connectivity index (χ3n) is 3.58. The highest BCUT2D eigenvalue weighted by Crippen LogP contribution is 2.42. The van der Waals surface area contributed by atoms with Crippen LogP contribution in [0.15, 0.2) is 12.1 Å². The molecule has 1 aromatic carbocycles. The van der Waals surface area contributed by atoms with Crippen LogP contribution in [0.25, 0.3) is 0 Å². The van der Waals surface area contributed by atoms with E-state index in [2.05, 4.69) is 12.2 Å². The summed E-state index contributed by atoms with van der Waals surface area (Å²) in [6, 6.07) is 3.74. The van der Waals surface area contributed by atoms with E-state index in [1.54, 1.807) is 12.1 Å². The van der Waals surface area contributed by atoms with E-state index in [9.17, 15) is 4.39 Å². The third-order valence-corrected chi connectivity index (χ3v) is 3.58. The lowest BCUT2D eigenvalue weighted by molar-refractivity contribution is 0.476. The van der Waals surface area contributed by atoms with Gasteiger partial charge in [-0.1, -0.05) is 6.92 Å². The largest absolute Gasteiger partial charge is 0.310 e. The van der Waals surface area contributed by atoms with Crippen molar-refractivity contribution in [2.45, 2.75) is 46.1 Å². The summed E-state index contributed by atoms with van der Waals surface area (Å²) in [4.78, 5) is 0. The predicted octanol–water partition coefficient (Wildman–Crippen LogP) is 3.89. The molecule has 1 aliphatic rings. The van der Waals surface area contributed by atoms with Gasteiger partial charge in [-0.3, -0.25) is 0 Å². The topological polar surface area (TPSA) is 12.0 Å². The van der Waals surface area contributed by atoms with Gasteiger partial charge in [0.25, 0.3) is 0 Å². The van der Waals surface area contributed by atoms with Crippen LogP contribution in [0.2, 0.25) is 0 Å². The molecule has 0 amide bonds. The Morgan fingerprint density at radius 2 is 1.88 bits per heavy atom. The molecule has 0 radical (unpaired) electrons. The zero-order valence-electron chi connectivity index (χ0n) is 11.0. The smallest absolute Gasteiger partial charge is 0.123 e. The highest BCUT2D eigenvalue weighted by atomic mass is 19.1. The number of halogens is 1. The lowest BCUT2D eigenvalue weighted by Crippen LogP contribution is -2.25. The molecule has 0 spiro atoms. The lowest BCUT2D eigenvalue weighted by Gasteiger charge is -2.23. The summed E-state index contributed by atoms with van der Waals surface area (Å²) in [5.41, 5.74) is 3.49. The molecule has 1 atom stereocenters. The molecular formula is C15H22FN. The van der Waals surface area contributed by atoms with Gasteiger partial charge in [0.05, 0.1) is 0 Å². The Balaban J connectivity index is 2.28. The Bertz CT molecular complexity index is 373. The number of hydrogen-bond acceptors (Lipinski definition) is 1. The molecule has 1 saturated carbocycles. The van der Waals surface area contributed by atoms with Crippen molar-refractivity contribution < 1.29 is 4.39 Å². The second-order valence-corrected chi connectivity index (χ2v) is 5.22. The minimum Gasteiger partial charge on any atom is -0.310 e. The first-order valence-electron chi connectivity index (χ1n) is 6.63. The van der Waals surface area contributed by atoms with Crippen molar-refractivity contribution in [3.63, 3.8) is 0 Å². The summed E-state index contributed by atoms with van der Waals surface area (Å²) in [5.74, 6) is 0.637. The van der Waals surface area contributed by atoms with Crippen molar-refractivity contribution in [3.05, 3.63) is 34.6 Å². The Morgan fingerprint density at radius 3 is 2.35 bits per heavy atom. The van der Waals surface area contributed by atoms with Crippen LogP contribution >= 0.6 is 0 Å². The molecule has 0 aromatic heterocycles. The average Bonchev–Trinajstić information content (AvgIpc) is 3.05. The highest BCUT2D eigenvalue weighted by molar-refractivity contribution is 5.37. The normalized spacial score (nSPS) is 17.2. The van der Waals surface area contributed by atoms with E-state index in [1.807, 2.05) is 13.8 Å². The maximum Gasteiger partial charge on any atom is 0.123 e. The molecule has 0 saturated heterocycles. The van der Waals surface area contributed by atoms with Gasteiger partial charge >= 0.3 is 0 Å². The highest BCUT2D eigenvalue weighted by Gasteiger charge is 2.33. The quantitative estimate of drug-likeness (QED) is 0.816. The van der Waals surface area contributed by atoms with Crippen molar-refractivity contribution in [3.8, 4) is 0 Å². The maximum absolute atomic E-state index is 13.3. The van der Waals surface area contributed by atoms with E-state index < -0.39 is 0 Å². The van der Waals surface area contributed by atoms with E-state index in [-0.39, 0.29) is 5.82 Å². The molecule has 1 fully saturated rings. The van der Waals surface area contributed by atoms with Gasteiger partial charge in [-0.2, -0.15) is 0 Å². The van der Waals surface area contributed by atoms with Crippen LogP contribution in [0.1, 0.15) is 48.9 Å². The van der Waals surface area contributed by atoms with Crippen LogP contribution < -0.4 is 5.32 Å². The van der Waals surface area contributed by atoms with Gasteiger partial charge < -0.3 is 5.32 Å². The summed E-state index contributed by atoms with van der Waals surface area (Å²) in [6.45, 7) is 7.27. The van der Waals surface area contributed by atoms with E-state index in [0.717, 1.165) is 30.0 Å². The Morgan fingerprint density at radius 1 is 1.29 bits per heavy atom. The first-order valence-corrected chi connectivity index (χ1v) is 6.63. The summed E-state index contributed by atoms with van der Waals surface area (Å²) in [5, 5.41) is 3.63. The van der Waals surface area contributed by atoms with Gasteiger partial charge in [-0.25, -0.2) is 4.39 Å². The van der Waals surface area contributed by atoms with Crippen LogP contribution in [0.4, 0.5) is 4.39 Å². The van der Waals surface area contributed by atoms with E-state index in [1.165, 1.54) is 18.4 Å². The number of aryl methyl sites for hydroxylation is 2. The molecule has 1 nitrogen and oxygen atoms in total. The van der Waals surface area contributed by atoms with Crippen LogP contribution in [-0.2, 0) is 0 Å². The zero-order chi connectivity index (χ0) is 12.4. The van der Waals surface area contributed by atoms with Gasteiger partial charge in [-0.15, -0.1) is 0 Å². The van der Waals surface area contributed by atoms with Gasteiger partial charge in [0.1, 0.15) is 5.82 Å². The van der Waals surface area contributed by atoms with Crippen LogP contribution in [0.5, 0.6) is 0 Å². The van der Waals surface area contributed by atoms with Crippen molar-refractivity contribution in [1.29, 1.82) is 0 Å². The summed E-state index contributed by atoms with van der Waals surface area (Å²) >= 11 is 0. The fraction of sp³-hybridized carbons (Fsp3) is 0.600. The fourth-order valence-corrected chi connectivity index (χ4v) is 2.65. The SMILES string of the molecule is CCCNC(c1c(C)cc(F)cc1C)C1CC1. The minimum atomic E-state index is -0.117. The van der Waals surface area contributed by atoms with Gasteiger partial charge in [-0.05, 0) is 74.4 Å². The molecule has 1 aliphatic carbocycles. The number of hydrogen-bond donors (Lipinski definition) is 1. The lowest BCUT2D eigenvalue weighted by atomic mass is 9.93. The first-order chi connectivity index (χ1) is 8.13. The second kappa shape index (κ2) is 5.18. The van der Waals surface area contributed by atoms with Crippen molar-refractivity contribution in [1.82, 2.24) is 5.32 Å². The summed E-state index contributed by atoms with van der Waals surface area (Å²) in [7, 11) is 0. The molecular weight excluding hydrogens is 213 g/mol. The molecule has 1 unspecified atom stereocenters. The van der Waals surface area contributed by atoms with E-state index in [0.29, 0.717) is 6.04 Å². The Hall–Kier alpha value is -0.890. The number of nitrogens with one attached hydrogen (secondary N) is 1. The van der Waals surface area contributed by atoms with Gasteiger partial charge in [0.15, 0.2) is 0 Å². The Kier molecular flexibility index (Phi) is 3.82. The molecule has 1 N–H and O–H groups in total. The van der Waals surface area contributed by atoms with Gasteiger partial charge in [0.2, 0.25) is 0 Å². The summed E-state index contributed by atoms with van der Waals surface area (Å²) < 4.78 is 13.3. The molecule has 2 rings (SSSR count). The maximum atomic E-state index is 13.3. The molecule has 1 aromatic rings. The molecule has 17 heavy (non-hydrogen) atoms. The third kappa shape index (κ3) is 2.86. The number of rotatable bonds is 5. The first kappa shape index (κ1) is 12.6. The van der Waals surface area contributed by atoms with Gasteiger partial charge in [0, 0.05) is 6.04 Å². The molecule has 0 aliphatic heterocycles. The number of benzene rings is 1. The minimum absolute atomic E-state index is 0.117. The van der Waals surface area contributed by atoms with Crippen molar-refractivity contribution in [2.24, 2.45) is 5.92 Å². The summed E-state index contributed by atoms with van der Waals surface area (Å²) in [6.07, 6.45) is 3.75. The fourth-order valence-electron chi connectivity index (χ4n) is 2.65. The average molecular weight is 235 g/mol. The molecule has 2 heteroatoms. The van der Waals surface area contributed by atoms with Crippen LogP contribution in [0, 0.1) is 25.6 Å². The van der Waals surface area contributed by atoms with Crippen molar-refractivity contribution in [2.75, 3.05) is 6.54 Å². The molecule has 0 heterocycles. The predicted molar refractivity (Wildman–Crippen MR) is 69.6 cm³/mol. The molecule has 94 valence electrons. The standard InChI is InChI=1S/C15H22FN/c1-4-7-17-15(12-5-6-12)14-10(2)8-13(16)9-11(14)3/h8-9,12,15,17H,4-7H2,1-3H3. The van der Waals surface area contributed by atoms with Crippen LogP contribution in [0.3, 0.4) is 0 Å².